The van der Waals surface area contributed by atoms with Gasteiger partial charge in [0.25, 0.3) is 5.91 Å². The maximum atomic E-state index is 12.6. The number of carbonyl (C=O) groups is 1. The molecule has 0 spiro atoms. The molecule has 0 atom stereocenters. The van der Waals surface area contributed by atoms with E-state index in [1.165, 1.54) is 0 Å². The molecule has 1 amide bonds. The summed E-state index contributed by atoms with van der Waals surface area (Å²) in [5.74, 6) is -0.134. The Morgan fingerprint density at radius 3 is 2.96 bits per heavy atom. The van der Waals surface area contributed by atoms with Crippen LogP contribution in [0.3, 0.4) is 0 Å². The van der Waals surface area contributed by atoms with Crippen molar-refractivity contribution in [2.45, 2.75) is 25.3 Å². The number of aromatic amines is 1. The topological polar surface area (TPSA) is 88.5 Å². The SMILES string of the molecule is Cn1nc(-c2cnc3[nH]cc(C(=O)NC4(C)CC4)c3n2)c2ccc(Cl)cc21. The quantitative estimate of drug-likeness (QED) is 0.569. The molecule has 136 valence electrons. The normalized spacial score (nSPS) is 15.4. The molecule has 0 radical (unpaired) electrons. The molecule has 1 aromatic carbocycles. The monoisotopic (exact) mass is 380 g/mol. The zero-order valence-corrected chi connectivity index (χ0v) is 15.6. The fourth-order valence-corrected chi connectivity index (χ4v) is 3.42. The minimum absolute atomic E-state index is 0.0951. The highest BCUT2D eigenvalue weighted by Gasteiger charge is 2.39. The minimum Gasteiger partial charge on any atom is -0.347 e. The van der Waals surface area contributed by atoms with E-state index in [1.54, 1.807) is 17.1 Å². The lowest BCUT2D eigenvalue weighted by Gasteiger charge is -2.10. The number of nitrogens with zero attached hydrogens (tertiary/aromatic N) is 4. The molecule has 0 aliphatic heterocycles. The number of H-pyrrole nitrogens is 1. The molecule has 1 aliphatic rings. The lowest BCUT2D eigenvalue weighted by Crippen LogP contribution is -2.34. The summed E-state index contributed by atoms with van der Waals surface area (Å²) in [6, 6.07) is 5.61. The van der Waals surface area contributed by atoms with Gasteiger partial charge in [-0.3, -0.25) is 9.48 Å². The van der Waals surface area contributed by atoms with Crippen molar-refractivity contribution in [1.82, 2.24) is 30.0 Å². The molecule has 7 nitrogen and oxygen atoms in total. The van der Waals surface area contributed by atoms with E-state index < -0.39 is 0 Å². The Morgan fingerprint density at radius 2 is 2.19 bits per heavy atom. The van der Waals surface area contributed by atoms with E-state index in [0.29, 0.717) is 33.1 Å². The van der Waals surface area contributed by atoms with Crippen LogP contribution in [-0.4, -0.2) is 36.2 Å². The van der Waals surface area contributed by atoms with Crippen LogP contribution in [0.4, 0.5) is 0 Å². The molecule has 3 heterocycles. The van der Waals surface area contributed by atoms with Gasteiger partial charge in [0.1, 0.15) is 16.9 Å². The number of rotatable bonds is 3. The Balaban J connectivity index is 1.63. The Kier molecular flexibility index (Phi) is 3.33. The van der Waals surface area contributed by atoms with Crippen LogP contribution >= 0.6 is 11.6 Å². The third kappa shape index (κ3) is 2.66. The summed E-state index contributed by atoms with van der Waals surface area (Å²) in [5, 5.41) is 9.23. The predicted octanol–water partition coefficient (Wildman–Crippen LogP) is 3.45. The average molecular weight is 381 g/mol. The van der Waals surface area contributed by atoms with Crippen LogP contribution in [0.1, 0.15) is 30.1 Å². The van der Waals surface area contributed by atoms with Gasteiger partial charge < -0.3 is 10.3 Å². The van der Waals surface area contributed by atoms with Gasteiger partial charge in [0.15, 0.2) is 5.65 Å². The number of benzene rings is 1. The molecule has 0 bridgehead atoms. The van der Waals surface area contributed by atoms with Crippen LogP contribution in [0.25, 0.3) is 33.5 Å². The zero-order chi connectivity index (χ0) is 18.8. The van der Waals surface area contributed by atoms with Gasteiger partial charge in [-0.1, -0.05) is 11.6 Å². The Hall–Kier alpha value is -2.93. The lowest BCUT2D eigenvalue weighted by molar-refractivity contribution is 0.0937. The predicted molar refractivity (Wildman–Crippen MR) is 104 cm³/mol. The van der Waals surface area contributed by atoms with Gasteiger partial charge in [-0.05, 0) is 38.0 Å². The molecule has 3 aromatic heterocycles. The summed E-state index contributed by atoms with van der Waals surface area (Å²) in [6.07, 6.45) is 5.33. The van der Waals surface area contributed by atoms with E-state index in [1.807, 2.05) is 32.2 Å². The fraction of sp³-hybridized carbons (Fsp3) is 0.263. The standard InChI is InChI=1S/C19H17ClN6O/c1-19(5-6-19)24-18(27)12-8-21-17-16(12)23-13(9-22-17)15-11-4-3-10(20)7-14(11)26(2)25-15/h3-4,7-9H,5-6H2,1-2H3,(H,21,22)(H,24,27). The molecular weight excluding hydrogens is 364 g/mol. The molecular formula is C19H17ClN6O. The molecule has 0 saturated heterocycles. The third-order valence-electron chi connectivity index (χ3n) is 5.10. The number of amides is 1. The maximum absolute atomic E-state index is 12.6. The van der Waals surface area contributed by atoms with Crippen LogP contribution in [0, 0.1) is 0 Å². The second kappa shape index (κ2) is 5.53. The summed E-state index contributed by atoms with van der Waals surface area (Å²) in [7, 11) is 1.86. The number of halogens is 1. The van der Waals surface area contributed by atoms with Crippen molar-refractivity contribution in [2.75, 3.05) is 0 Å². The molecule has 4 aromatic rings. The first-order chi connectivity index (χ1) is 12.9. The highest BCUT2D eigenvalue weighted by molar-refractivity contribution is 6.31. The molecule has 0 unspecified atom stereocenters. The van der Waals surface area contributed by atoms with Crippen LogP contribution in [0.15, 0.2) is 30.6 Å². The van der Waals surface area contributed by atoms with Crippen molar-refractivity contribution in [1.29, 1.82) is 0 Å². The van der Waals surface area contributed by atoms with Crippen molar-refractivity contribution in [3.8, 4) is 11.4 Å². The van der Waals surface area contributed by atoms with Crippen LogP contribution < -0.4 is 5.32 Å². The van der Waals surface area contributed by atoms with E-state index in [0.717, 1.165) is 23.7 Å². The molecule has 1 fully saturated rings. The number of aromatic nitrogens is 5. The van der Waals surface area contributed by atoms with Crippen molar-refractivity contribution in [3.63, 3.8) is 0 Å². The zero-order valence-electron chi connectivity index (χ0n) is 14.9. The number of hydrogen-bond acceptors (Lipinski definition) is 4. The summed E-state index contributed by atoms with van der Waals surface area (Å²) in [5.41, 5.74) is 3.75. The fourth-order valence-electron chi connectivity index (χ4n) is 3.25. The summed E-state index contributed by atoms with van der Waals surface area (Å²) in [4.78, 5) is 24.8. The first-order valence-electron chi connectivity index (χ1n) is 8.73. The molecule has 1 aliphatic carbocycles. The first kappa shape index (κ1) is 16.3. The van der Waals surface area contributed by atoms with Gasteiger partial charge in [-0.2, -0.15) is 5.10 Å². The smallest absolute Gasteiger partial charge is 0.255 e. The Labute approximate surface area is 159 Å². The molecule has 2 N–H and O–H groups in total. The van der Waals surface area contributed by atoms with Crippen LogP contribution in [0.5, 0.6) is 0 Å². The average Bonchev–Trinajstić information content (AvgIpc) is 3.09. The van der Waals surface area contributed by atoms with Crippen molar-refractivity contribution >= 4 is 39.6 Å². The van der Waals surface area contributed by atoms with Crippen molar-refractivity contribution in [2.24, 2.45) is 7.05 Å². The van der Waals surface area contributed by atoms with Gasteiger partial charge in [0, 0.05) is 29.2 Å². The van der Waals surface area contributed by atoms with Gasteiger partial charge in [0.05, 0.1) is 17.3 Å². The van der Waals surface area contributed by atoms with Gasteiger partial charge >= 0.3 is 0 Å². The van der Waals surface area contributed by atoms with E-state index in [4.69, 9.17) is 16.6 Å². The molecule has 8 heteroatoms. The highest BCUT2D eigenvalue weighted by Crippen LogP contribution is 2.35. The van der Waals surface area contributed by atoms with Crippen LogP contribution in [-0.2, 0) is 7.05 Å². The molecule has 1 saturated carbocycles. The van der Waals surface area contributed by atoms with Crippen LogP contribution in [0.2, 0.25) is 5.02 Å². The number of carbonyl (C=O) groups excluding carboxylic acids is 1. The minimum atomic E-state index is -0.134. The van der Waals surface area contributed by atoms with Gasteiger partial charge in [-0.15, -0.1) is 0 Å². The largest absolute Gasteiger partial charge is 0.347 e. The Bertz CT molecular complexity index is 1220. The summed E-state index contributed by atoms with van der Waals surface area (Å²) in [6.45, 7) is 2.04. The number of aryl methyl sites for hydroxylation is 1. The van der Waals surface area contributed by atoms with E-state index in [-0.39, 0.29) is 11.4 Å². The molecule has 5 rings (SSSR count). The number of nitrogens with one attached hydrogen (secondary N) is 2. The number of hydrogen-bond donors (Lipinski definition) is 2. The summed E-state index contributed by atoms with van der Waals surface area (Å²) < 4.78 is 1.76. The maximum Gasteiger partial charge on any atom is 0.255 e. The first-order valence-corrected chi connectivity index (χ1v) is 9.11. The summed E-state index contributed by atoms with van der Waals surface area (Å²) >= 11 is 6.11. The molecule has 27 heavy (non-hydrogen) atoms. The lowest BCUT2D eigenvalue weighted by atomic mass is 10.1. The number of fused-ring (bicyclic) bond motifs is 2. The second-order valence-electron chi connectivity index (χ2n) is 7.30. The van der Waals surface area contributed by atoms with Crippen molar-refractivity contribution < 1.29 is 4.79 Å². The van der Waals surface area contributed by atoms with Crippen molar-refractivity contribution in [3.05, 3.63) is 41.2 Å². The third-order valence-corrected chi connectivity index (χ3v) is 5.33. The van der Waals surface area contributed by atoms with Gasteiger partial charge in [0.2, 0.25) is 0 Å². The van der Waals surface area contributed by atoms with E-state index in [2.05, 4.69) is 20.4 Å². The highest BCUT2D eigenvalue weighted by atomic mass is 35.5. The second-order valence-corrected chi connectivity index (χ2v) is 7.74. The van der Waals surface area contributed by atoms with E-state index >= 15 is 0 Å². The Morgan fingerprint density at radius 1 is 1.37 bits per heavy atom. The van der Waals surface area contributed by atoms with Gasteiger partial charge in [-0.25, -0.2) is 9.97 Å². The van der Waals surface area contributed by atoms with E-state index in [9.17, 15) is 4.79 Å².